The van der Waals surface area contributed by atoms with Crippen molar-refractivity contribution in [2.24, 2.45) is 5.92 Å². The largest absolute Gasteiger partial charge is 0.354 e. The fraction of sp³-hybridized carbons (Fsp3) is 0.647. The Morgan fingerprint density at radius 2 is 2.12 bits per heavy atom. The molecule has 2 aliphatic rings. The van der Waals surface area contributed by atoms with Gasteiger partial charge in [0.2, 0.25) is 5.89 Å². The van der Waals surface area contributed by atoms with E-state index in [0.717, 1.165) is 49.6 Å². The van der Waals surface area contributed by atoms with Gasteiger partial charge < -0.3 is 9.42 Å². The molecule has 4 heterocycles. The van der Waals surface area contributed by atoms with E-state index in [-0.39, 0.29) is 0 Å². The second kappa shape index (κ2) is 6.47. The van der Waals surface area contributed by atoms with Crippen LogP contribution in [0.3, 0.4) is 0 Å². The summed E-state index contributed by atoms with van der Waals surface area (Å²) in [6.07, 6.45) is 7.80. The van der Waals surface area contributed by atoms with Crippen LogP contribution in [0, 0.1) is 5.92 Å². The summed E-state index contributed by atoms with van der Waals surface area (Å²) >= 11 is 0. The number of fused-ring (bicyclic) bond motifs is 1. The molecule has 7 nitrogen and oxygen atoms in total. The van der Waals surface area contributed by atoms with E-state index in [0.29, 0.717) is 12.0 Å². The van der Waals surface area contributed by atoms with Gasteiger partial charge in [-0.25, -0.2) is 4.98 Å². The molecule has 0 radical (unpaired) electrons. The molecule has 7 heteroatoms. The normalized spacial score (nSPS) is 24.5. The van der Waals surface area contributed by atoms with Gasteiger partial charge in [0.15, 0.2) is 5.82 Å². The lowest BCUT2D eigenvalue weighted by Gasteiger charge is -2.38. The number of rotatable bonds is 4. The van der Waals surface area contributed by atoms with Crippen LogP contribution in [0.2, 0.25) is 0 Å². The molecule has 0 aliphatic carbocycles. The van der Waals surface area contributed by atoms with Crippen LogP contribution in [0.15, 0.2) is 23.1 Å². The first-order chi connectivity index (χ1) is 11.7. The summed E-state index contributed by atoms with van der Waals surface area (Å²) < 4.78 is 5.44. The third kappa shape index (κ3) is 3.00. The lowest BCUT2D eigenvalue weighted by atomic mass is 9.92. The molecule has 2 fully saturated rings. The number of piperidine rings is 1. The maximum Gasteiger partial charge on any atom is 0.240 e. The van der Waals surface area contributed by atoms with Crippen molar-refractivity contribution in [3.63, 3.8) is 0 Å². The molecule has 0 spiro atoms. The summed E-state index contributed by atoms with van der Waals surface area (Å²) in [6, 6.07) is 0.523. The van der Waals surface area contributed by atoms with Crippen molar-refractivity contribution in [1.82, 2.24) is 25.0 Å². The smallest absolute Gasteiger partial charge is 0.240 e. The Morgan fingerprint density at radius 1 is 1.25 bits per heavy atom. The van der Waals surface area contributed by atoms with Gasteiger partial charge in [-0.1, -0.05) is 19.0 Å². The molecule has 0 bridgehead atoms. The highest BCUT2D eigenvalue weighted by atomic mass is 16.5. The number of likely N-dealkylation sites (tertiary alicyclic amines) is 1. The van der Waals surface area contributed by atoms with Crippen LogP contribution in [0.1, 0.15) is 44.3 Å². The zero-order chi connectivity index (χ0) is 16.5. The summed E-state index contributed by atoms with van der Waals surface area (Å²) in [7, 11) is 0. The van der Waals surface area contributed by atoms with Gasteiger partial charge in [0.25, 0.3) is 0 Å². The number of aromatic nitrogens is 4. The van der Waals surface area contributed by atoms with E-state index in [9.17, 15) is 0 Å². The second-order valence-corrected chi connectivity index (χ2v) is 7.09. The van der Waals surface area contributed by atoms with Crippen molar-refractivity contribution in [1.29, 1.82) is 0 Å². The molecule has 2 saturated heterocycles. The summed E-state index contributed by atoms with van der Waals surface area (Å²) in [6.45, 7) is 8.07. The van der Waals surface area contributed by atoms with Crippen molar-refractivity contribution < 1.29 is 4.52 Å². The standard InChI is InChI=1S/C17H24N6O/c1-12(2)17-20-16(24-21-17)11-22-7-3-13-4-8-23(10-14(13)22)15-9-18-5-6-19-15/h5-6,9,12-14H,3-4,7-8,10-11H2,1-2H3. The molecule has 0 aromatic carbocycles. The maximum atomic E-state index is 5.44. The summed E-state index contributed by atoms with van der Waals surface area (Å²) in [4.78, 5) is 18.0. The predicted molar refractivity (Wildman–Crippen MR) is 89.6 cm³/mol. The number of nitrogens with zero attached hydrogens (tertiary/aromatic N) is 6. The third-order valence-corrected chi connectivity index (χ3v) is 5.19. The van der Waals surface area contributed by atoms with Crippen LogP contribution in [-0.4, -0.2) is 50.7 Å². The molecule has 0 saturated carbocycles. The zero-order valence-electron chi connectivity index (χ0n) is 14.3. The van der Waals surface area contributed by atoms with Crippen molar-refractivity contribution in [3.8, 4) is 0 Å². The van der Waals surface area contributed by atoms with E-state index in [1.165, 1.54) is 12.8 Å². The monoisotopic (exact) mass is 328 g/mol. The maximum absolute atomic E-state index is 5.44. The Bertz CT molecular complexity index is 673. The van der Waals surface area contributed by atoms with Gasteiger partial charge in [0.05, 0.1) is 12.7 Å². The number of anilines is 1. The zero-order valence-corrected chi connectivity index (χ0v) is 14.3. The van der Waals surface area contributed by atoms with Crippen LogP contribution < -0.4 is 4.90 Å². The first kappa shape index (κ1) is 15.5. The first-order valence-electron chi connectivity index (χ1n) is 8.78. The Morgan fingerprint density at radius 3 is 2.88 bits per heavy atom. The lowest BCUT2D eigenvalue weighted by Crippen LogP contribution is -2.48. The van der Waals surface area contributed by atoms with Gasteiger partial charge in [-0.15, -0.1) is 0 Å². The van der Waals surface area contributed by atoms with Gasteiger partial charge in [0.1, 0.15) is 5.82 Å². The van der Waals surface area contributed by atoms with Gasteiger partial charge in [-0.3, -0.25) is 9.88 Å². The van der Waals surface area contributed by atoms with Crippen LogP contribution in [0.5, 0.6) is 0 Å². The third-order valence-electron chi connectivity index (χ3n) is 5.19. The van der Waals surface area contributed by atoms with Crippen molar-refractivity contribution in [2.75, 3.05) is 24.5 Å². The summed E-state index contributed by atoms with van der Waals surface area (Å²) in [5.74, 6) is 3.56. The van der Waals surface area contributed by atoms with Crippen LogP contribution in [0.4, 0.5) is 5.82 Å². The molecule has 24 heavy (non-hydrogen) atoms. The van der Waals surface area contributed by atoms with Gasteiger partial charge >= 0.3 is 0 Å². The molecule has 128 valence electrons. The van der Waals surface area contributed by atoms with Crippen LogP contribution in [-0.2, 0) is 6.54 Å². The highest BCUT2D eigenvalue weighted by Crippen LogP contribution is 2.33. The lowest BCUT2D eigenvalue weighted by molar-refractivity contribution is 0.178. The fourth-order valence-corrected chi connectivity index (χ4v) is 3.83. The van der Waals surface area contributed by atoms with Crippen molar-refractivity contribution in [3.05, 3.63) is 30.3 Å². The first-order valence-corrected chi connectivity index (χ1v) is 8.78. The molecule has 2 atom stereocenters. The molecule has 0 N–H and O–H groups in total. The highest BCUT2D eigenvalue weighted by molar-refractivity contribution is 5.36. The molecule has 2 aliphatic heterocycles. The Labute approximate surface area is 142 Å². The van der Waals surface area contributed by atoms with Gasteiger partial charge in [-0.2, -0.15) is 4.98 Å². The molecule has 0 amide bonds. The minimum absolute atomic E-state index is 0.302. The molecule has 2 aromatic rings. The molecule has 4 rings (SSSR count). The summed E-state index contributed by atoms with van der Waals surface area (Å²) in [5.41, 5.74) is 0. The second-order valence-electron chi connectivity index (χ2n) is 7.09. The number of hydrogen-bond acceptors (Lipinski definition) is 7. The molecule has 2 aromatic heterocycles. The topological polar surface area (TPSA) is 71.2 Å². The molecular weight excluding hydrogens is 304 g/mol. The fourth-order valence-electron chi connectivity index (χ4n) is 3.83. The predicted octanol–water partition coefficient (Wildman–Crippen LogP) is 2.08. The molecular formula is C17H24N6O. The van der Waals surface area contributed by atoms with E-state index in [1.54, 1.807) is 12.4 Å². The van der Waals surface area contributed by atoms with Crippen molar-refractivity contribution >= 4 is 5.82 Å². The quantitative estimate of drug-likeness (QED) is 0.851. The van der Waals surface area contributed by atoms with E-state index in [2.05, 4.69) is 43.8 Å². The van der Waals surface area contributed by atoms with Gasteiger partial charge in [-0.05, 0) is 25.3 Å². The summed E-state index contributed by atoms with van der Waals surface area (Å²) in [5, 5.41) is 4.08. The minimum Gasteiger partial charge on any atom is -0.354 e. The van der Waals surface area contributed by atoms with E-state index in [4.69, 9.17) is 4.52 Å². The van der Waals surface area contributed by atoms with Gasteiger partial charge in [0, 0.05) is 37.4 Å². The molecule has 2 unspecified atom stereocenters. The SMILES string of the molecule is CC(C)c1noc(CN2CCC3CCN(c4cnccn4)CC32)n1. The Balaban J connectivity index is 1.45. The minimum atomic E-state index is 0.302. The highest BCUT2D eigenvalue weighted by Gasteiger charge is 2.39. The van der Waals surface area contributed by atoms with Crippen LogP contribution >= 0.6 is 0 Å². The van der Waals surface area contributed by atoms with E-state index < -0.39 is 0 Å². The van der Waals surface area contributed by atoms with Crippen molar-refractivity contribution in [2.45, 2.75) is 45.2 Å². The average molecular weight is 328 g/mol. The van der Waals surface area contributed by atoms with Crippen LogP contribution in [0.25, 0.3) is 0 Å². The van der Waals surface area contributed by atoms with E-state index >= 15 is 0 Å². The number of hydrogen-bond donors (Lipinski definition) is 0. The average Bonchev–Trinajstić information content (AvgIpc) is 3.23. The van der Waals surface area contributed by atoms with E-state index in [1.807, 2.05) is 6.20 Å². The Hall–Kier alpha value is -2.02. The Kier molecular flexibility index (Phi) is 4.18.